The highest BCUT2D eigenvalue weighted by molar-refractivity contribution is 5.96. The van der Waals surface area contributed by atoms with Gasteiger partial charge in [0.2, 0.25) is 0 Å². The molecule has 0 aromatic heterocycles. The Balaban J connectivity index is 2.15. The molecule has 1 unspecified atom stereocenters. The molecule has 1 aromatic rings. The van der Waals surface area contributed by atoms with E-state index < -0.39 is 0 Å². The molecule has 0 saturated carbocycles. The molecule has 0 bridgehead atoms. The molecule has 0 spiro atoms. The van der Waals surface area contributed by atoms with Gasteiger partial charge in [0.15, 0.2) is 0 Å². The summed E-state index contributed by atoms with van der Waals surface area (Å²) in [6.07, 6.45) is 2.26. The van der Waals surface area contributed by atoms with Crippen LogP contribution in [0.2, 0.25) is 0 Å². The molecule has 0 aliphatic carbocycles. The van der Waals surface area contributed by atoms with E-state index in [9.17, 15) is 4.79 Å². The summed E-state index contributed by atoms with van der Waals surface area (Å²) in [7, 11) is 3.36. The fourth-order valence-electron chi connectivity index (χ4n) is 2.60. The zero-order valence-electron chi connectivity index (χ0n) is 12.1. The van der Waals surface area contributed by atoms with E-state index in [4.69, 9.17) is 15.2 Å². The van der Waals surface area contributed by atoms with Gasteiger partial charge in [-0.1, -0.05) is 0 Å². The molecule has 1 aliphatic rings. The summed E-state index contributed by atoms with van der Waals surface area (Å²) in [6.45, 7) is 2.50. The van der Waals surface area contributed by atoms with Crippen molar-refractivity contribution in [2.24, 2.45) is 5.92 Å². The molecule has 5 heteroatoms. The molecule has 110 valence electrons. The number of hydrogen-bond acceptors (Lipinski definition) is 5. The van der Waals surface area contributed by atoms with E-state index in [-0.39, 0.29) is 5.97 Å². The summed E-state index contributed by atoms with van der Waals surface area (Å²) in [5.41, 5.74) is 7.67. The fraction of sp³-hybridized carbons (Fsp3) is 0.533. The van der Waals surface area contributed by atoms with Gasteiger partial charge in [0, 0.05) is 25.9 Å². The number of methoxy groups -OCH3 is 1. The number of carbonyl (C=O) groups is 1. The normalized spacial score (nSPS) is 18.6. The Morgan fingerprint density at radius 1 is 1.55 bits per heavy atom. The largest absolute Gasteiger partial charge is 0.465 e. The molecule has 1 aliphatic heterocycles. The lowest BCUT2D eigenvalue weighted by Crippen LogP contribution is -2.31. The number of carbonyl (C=O) groups excluding carboxylic acids is 1. The van der Waals surface area contributed by atoms with Gasteiger partial charge in [-0.3, -0.25) is 0 Å². The Hall–Kier alpha value is -1.75. The Kier molecular flexibility index (Phi) is 4.84. The van der Waals surface area contributed by atoms with Crippen molar-refractivity contribution in [1.82, 2.24) is 0 Å². The van der Waals surface area contributed by atoms with Crippen LogP contribution in [0, 0.1) is 5.92 Å². The van der Waals surface area contributed by atoms with Crippen LogP contribution in [0.3, 0.4) is 0 Å². The highest BCUT2D eigenvalue weighted by Gasteiger charge is 2.20. The molecular weight excluding hydrogens is 256 g/mol. The molecule has 1 saturated heterocycles. The summed E-state index contributed by atoms with van der Waals surface area (Å²) in [6, 6.07) is 5.33. The van der Waals surface area contributed by atoms with Gasteiger partial charge in [-0.15, -0.1) is 0 Å². The Morgan fingerprint density at radius 2 is 2.35 bits per heavy atom. The zero-order valence-corrected chi connectivity index (χ0v) is 12.1. The number of nitrogen functional groups attached to an aromatic ring is 1. The van der Waals surface area contributed by atoms with Gasteiger partial charge < -0.3 is 20.1 Å². The first kappa shape index (κ1) is 14.7. The van der Waals surface area contributed by atoms with E-state index >= 15 is 0 Å². The number of esters is 1. The summed E-state index contributed by atoms with van der Waals surface area (Å²) in [5.74, 6) is 0.135. The number of benzene rings is 1. The summed E-state index contributed by atoms with van der Waals surface area (Å²) in [4.78, 5) is 13.9. The van der Waals surface area contributed by atoms with Gasteiger partial charge in [-0.25, -0.2) is 4.79 Å². The summed E-state index contributed by atoms with van der Waals surface area (Å²) < 4.78 is 10.3. The van der Waals surface area contributed by atoms with Crippen molar-refractivity contribution in [3.05, 3.63) is 23.8 Å². The van der Waals surface area contributed by atoms with Crippen molar-refractivity contribution < 1.29 is 14.3 Å². The molecule has 2 N–H and O–H groups in total. The van der Waals surface area contributed by atoms with Gasteiger partial charge in [-0.05, 0) is 37.0 Å². The number of nitrogens with two attached hydrogens (primary N) is 1. The van der Waals surface area contributed by atoms with E-state index in [0.29, 0.717) is 17.2 Å². The van der Waals surface area contributed by atoms with E-state index in [2.05, 4.69) is 4.90 Å². The van der Waals surface area contributed by atoms with Crippen LogP contribution in [0.25, 0.3) is 0 Å². The van der Waals surface area contributed by atoms with Crippen LogP contribution in [0.4, 0.5) is 11.4 Å². The second kappa shape index (κ2) is 6.61. The van der Waals surface area contributed by atoms with Crippen LogP contribution in [0.1, 0.15) is 23.2 Å². The van der Waals surface area contributed by atoms with Crippen molar-refractivity contribution in [3.8, 4) is 0 Å². The first-order valence-electron chi connectivity index (χ1n) is 6.88. The number of nitrogens with zero attached hydrogens (tertiary/aromatic N) is 1. The zero-order chi connectivity index (χ0) is 14.5. The van der Waals surface area contributed by atoms with Crippen LogP contribution in [-0.2, 0) is 9.47 Å². The lowest BCUT2D eigenvalue weighted by molar-refractivity contribution is 0.0574. The smallest absolute Gasteiger partial charge is 0.340 e. The van der Waals surface area contributed by atoms with Crippen molar-refractivity contribution in [3.63, 3.8) is 0 Å². The average Bonchev–Trinajstić information content (AvgIpc) is 2.47. The summed E-state index contributed by atoms with van der Waals surface area (Å²) >= 11 is 0. The average molecular weight is 278 g/mol. The summed E-state index contributed by atoms with van der Waals surface area (Å²) in [5, 5.41) is 0. The van der Waals surface area contributed by atoms with Crippen LogP contribution in [-0.4, -0.2) is 39.9 Å². The SMILES string of the molecule is COC(=O)c1cc(N)ccc1N(C)CC1CCCOC1. The van der Waals surface area contributed by atoms with E-state index in [1.807, 2.05) is 13.1 Å². The molecule has 5 nitrogen and oxygen atoms in total. The maximum absolute atomic E-state index is 11.9. The topological polar surface area (TPSA) is 64.8 Å². The van der Waals surface area contributed by atoms with Crippen LogP contribution >= 0.6 is 0 Å². The third-order valence-electron chi connectivity index (χ3n) is 3.62. The first-order chi connectivity index (χ1) is 9.61. The van der Waals surface area contributed by atoms with Crippen molar-refractivity contribution in [2.45, 2.75) is 12.8 Å². The van der Waals surface area contributed by atoms with Crippen molar-refractivity contribution in [1.29, 1.82) is 0 Å². The maximum Gasteiger partial charge on any atom is 0.340 e. The monoisotopic (exact) mass is 278 g/mol. The number of rotatable bonds is 4. The van der Waals surface area contributed by atoms with Gasteiger partial charge in [0.05, 0.1) is 25.0 Å². The predicted molar refractivity (Wildman–Crippen MR) is 79.0 cm³/mol. The van der Waals surface area contributed by atoms with Gasteiger partial charge in [-0.2, -0.15) is 0 Å². The lowest BCUT2D eigenvalue weighted by atomic mass is 10.0. The molecule has 20 heavy (non-hydrogen) atoms. The minimum Gasteiger partial charge on any atom is -0.465 e. The molecular formula is C15H22N2O3. The maximum atomic E-state index is 11.9. The molecule has 1 atom stereocenters. The van der Waals surface area contributed by atoms with Crippen LogP contribution in [0.5, 0.6) is 0 Å². The highest BCUT2D eigenvalue weighted by Crippen LogP contribution is 2.25. The van der Waals surface area contributed by atoms with E-state index in [0.717, 1.165) is 38.3 Å². The van der Waals surface area contributed by atoms with Gasteiger partial charge in [0.1, 0.15) is 0 Å². The molecule has 1 heterocycles. The minimum atomic E-state index is -0.362. The molecule has 2 rings (SSSR count). The van der Waals surface area contributed by atoms with E-state index in [1.54, 1.807) is 12.1 Å². The van der Waals surface area contributed by atoms with Crippen LogP contribution in [0.15, 0.2) is 18.2 Å². The van der Waals surface area contributed by atoms with Crippen LogP contribution < -0.4 is 10.6 Å². The minimum absolute atomic E-state index is 0.362. The quantitative estimate of drug-likeness (QED) is 0.673. The Labute approximate surface area is 119 Å². The molecule has 1 aromatic carbocycles. The number of ether oxygens (including phenoxy) is 2. The second-order valence-electron chi connectivity index (χ2n) is 5.23. The standard InChI is InChI=1S/C15H22N2O3/c1-17(9-11-4-3-7-20-10-11)14-6-5-12(16)8-13(14)15(18)19-2/h5-6,8,11H,3-4,7,9-10,16H2,1-2H3. The third kappa shape index (κ3) is 3.42. The predicted octanol–water partition coefficient (Wildman–Crippen LogP) is 1.92. The lowest BCUT2D eigenvalue weighted by Gasteiger charge is -2.29. The van der Waals surface area contributed by atoms with Gasteiger partial charge >= 0.3 is 5.97 Å². The fourth-order valence-corrected chi connectivity index (χ4v) is 2.60. The molecule has 0 radical (unpaired) electrons. The van der Waals surface area contributed by atoms with Gasteiger partial charge in [0.25, 0.3) is 0 Å². The van der Waals surface area contributed by atoms with Crippen molar-refractivity contribution in [2.75, 3.05) is 44.5 Å². The first-order valence-corrected chi connectivity index (χ1v) is 6.88. The molecule has 1 fully saturated rings. The number of anilines is 2. The highest BCUT2D eigenvalue weighted by atomic mass is 16.5. The Morgan fingerprint density at radius 3 is 3.00 bits per heavy atom. The molecule has 0 amide bonds. The van der Waals surface area contributed by atoms with Crippen molar-refractivity contribution >= 4 is 17.3 Å². The third-order valence-corrected chi connectivity index (χ3v) is 3.62. The van der Waals surface area contributed by atoms with E-state index in [1.165, 1.54) is 7.11 Å². The second-order valence-corrected chi connectivity index (χ2v) is 5.23. The number of hydrogen-bond donors (Lipinski definition) is 1. The Bertz CT molecular complexity index is 470.